The molecule has 0 N–H and O–H groups in total. The van der Waals surface area contributed by atoms with Gasteiger partial charge in [0.05, 0.1) is 0 Å². The van der Waals surface area contributed by atoms with Crippen molar-refractivity contribution < 1.29 is 0 Å². The van der Waals surface area contributed by atoms with Crippen molar-refractivity contribution in [2.75, 3.05) is 0 Å². The van der Waals surface area contributed by atoms with Gasteiger partial charge in [-0.15, -0.1) is 0 Å². The van der Waals surface area contributed by atoms with E-state index >= 15 is 0 Å². The molecule has 230 valence electrons. The Balaban J connectivity index is 1.59. The number of aryl methyl sites for hydroxylation is 5. The molecule has 0 amide bonds. The predicted octanol–water partition coefficient (Wildman–Crippen LogP) is 1.50. The van der Waals surface area contributed by atoms with Gasteiger partial charge >= 0.3 is 331 Å². The monoisotopic (exact) mass is 1180 g/mol. The van der Waals surface area contributed by atoms with E-state index in [1.54, 1.807) is 32.5 Å². The van der Waals surface area contributed by atoms with Crippen LogP contribution in [0.5, 0.6) is 0 Å². The van der Waals surface area contributed by atoms with Crippen LogP contribution in [0.1, 0.15) is 27.8 Å². The van der Waals surface area contributed by atoms with Gasteiger partial charge in [0.25, 0.3) is 0 Å². The van der Waals surface area contributed by atoms with Gasteiger partial charge < -0.3 is 0 Å². The van der Waals surface area contributed by atoms with E-state index < -0.39 is 105 Å². The molecule has 0 saturated heterocycles. The molecule has 0 radical (unpaired) electrons. The first-order chi connectivity index (χ1) is 22.3. The molecule has 0 aliphatic heterocycles. The van der Waals surface area contributed by atoms with E-state index in [1.165, 1.54) is 27.8 Å². The number of hydrogen-bond donors (Lipinski definition) is 0. The van der Waals surface area contributed by atoms with Crippen molar-refractivity contribution >= 4 is 141 Å². The molecule has 0 atom stereocenters. The fraction of sp³-hybridized carbons (Fsp3) is 0.122. The van der Waals surface area contributed by atoms with Crippen LogP contribution in [0.15, 0.2) is 127 Å². The Bertz CT molecular complexity index is 1790. The molecule has 0 spiro atoms. The second kappa shape index (κ2) is 16.8. The van der Waals surface area contributed by atoms with Crippen molar-refractivity contribution in [3.63, 3.8) is 0 Å². The van der Waals surface area contributed by atoms with Crippen molar-refractivity contribution in [2.45, 2.75) is 34.6 Å². The zero-order chi connectivity index (χ0) is 32.0. The minimum atomic E-state index is -0.573. The second-order valence-electron chi connectivity index (χ2n) is 11.4. The molecule has 0 bridgehead atoms. The number of rotatable bonds is 10. The van der Waals surface area contributed by atoms with Crippen LogP contribution in [-0.2, 0) is 0 Å². The number of benzene rings is 6. The van der Waals surface area contributed by atoms with Crippen molar-refractivity contribution in [3.05, 3.63) is 155 Å². The van der Waals surface area contributed by atoms with E-state index in [1.807, 2.05) is 3.61 Å². The standard InChI is InChI=1S/C41H36Te5/c1-27-6-16-32(17-7-27)42-37-26-38(43-33-18-8-28(2)9-19-33)40(45-35-22-12-30(4)13-23-35)41(46-36-24-14-31(5)15-25-36)39(37)44-34-20-10-29(3)11-21-34/h6-26H,1-5H3. The molecule has 0 aromatic heterocycles. The van der Waals surface area contributed by atoms with Gasteiger partial charge in [-0.25, -0.2) is 0 Å². The summed E-state index contributed by atoms with van der Waals surface area (Å²) in [5.74, 6) is 0. The van der Waals surface area contributed by atoms with E-state index in [9.17, 15) is 0 Å². The van der Waals surface area contributed by atoms with Crippen LogP contribution >= 0.6 is 0 Å². The fourth-order valence-corrected chi connectivity index (χ4v) is 26.3. The molecular formula is C41H36Te5. The third kappa shape index (κ3) is 9.70. The van der Waals surface area contributed by atoms with Crippen LogP contribution < -0.4 is 36.1 Å². The SMILES string of the molecule is Cc1ccc([Te]c2cc([Te]c3ccc(C)cc3)c([Te]c3ccc(C)cc3)c([Te]c3ccc(C)cc3)c2[Te]c2ccc(C)cc2)cc1. The van der Waals surface area contributed by atoms with Crippen LogP contribution in [0.3, 0.4) is 0 Å². The molecule has 0 fully saturated rings. The first kappa shape index (κ1) is 35.1. The van der Waals surface area contributed by atoms with Gasteiger partial charge in [-0.3, -0.25) is 0 Å². The quantitative estimate of drug-likeness (QED) is 0.183. The molecule has 0 nitrogen and oxygen atoms in total. The van der Waals surface area contributed by atoms with Crippen molar-refractivity contribution in [1.29, 1.82) is 0 Å². The third-order valence-electron chi connectivity index (χ3n) is 7.34. The molecule has 6 aromatic carbocycles. The molecule has 6 aromatic rings. The average molecular weight is 1170 g/mol. The van der Waals surface area contributed by atoms with E-state index in [0.29, 0.717) is 0 Å². The summed E-state index contributed by atoms with van der Waals surface area (Å²) in [5.41, 5.74) is 6.76. The second-order valence-corrected chi connectivity index (χ2v) is 27.1. The molecule has 0 unspecified atom stereocenters. The van der Waals surface area contributed by atoms with Gasteiger partial charge in [0.15, 0.2) is 0 Å². The molecule has 0 heterocycles. The predicted molar refractivity (Wildman–Crippen MR) is 207 cm³/mol. The zero-order valence-corrected chi connectivity index (χ0v) is 38.3. The van der Waals surface area contributed by atoms with E-state index in [-0.39, 0.29) is 0 Å². The average Bonchev–Trinajstić information content (AvgIpc) is 3.05. The van der Waals surface area contributed by atoms with Gasteiger partial charge in [0.1, 0.15) is 0 Å². The Kier molecular flexibility index (Phi) is 12.8. The van der Waals surface area contributed by atoms with Crippen LogP contribution in [0.25, 0.3) is 0 Å². The summed E-state index contributed by atoms with van der Waals surface area (Å²) in [6.45, 7) is 11.1. The Morgan fingerprint density at radius 2 is 0.478 bits per heavy atom. The van der Waals surface area contributed by atoms with Crippen LogP contribution in [0.2, 0.25) is 0 Å². The van der Waals surface area contributed by atoms with Crippen molar-refractivity contribution in [2.24, 2.45) is 0 Å². The summed E-state index contributed by atoms with van der Waals surface area (Å²) >= 11 is -2.75. The first-order valence-corrected chi connectivity index (χ1v) is 26.9. The third-order valence-corrected chi connectivity index (χ3v) is 28.0. The van der Waals surface area contributed by atoms with Crippen LogP contribution in [0.4, 0.5) is 0 Å². The van der Waals surface area contributed by atoms with Gasteiger partial charge in [-0.05, 0) is 0 Å². The Labute approximate surface area is 326 Å². The molecule has 6 rings (SSSR count). The summed E-state index contributed by atoms with van der Waals surface area (Å²) in [5, 5.41) is 0. The molecular weight excluding hydrogens is 1130 g/mol. The molecule has 0 aliphatic rings. The minimum absolute atomic E-state index is 0.534. The van der Waals surface area contributed by atoms with Gasteiger partial charge in [-0.2, -0.15) is 0 Å². The molecule has 0 aliphatic carbocycles. The normalized spacial score (nSPS) is 11.2. The summed E-state index contributed by atoms with van der Waals surface area (Å²) in [4.78, 5) is 0. The maximum absolute atomic E-state index is 2.76. The maximum atomic E-state index is 2.76. The zero-order valence-electron chi connectivity index (χ0n) is 26.7. The van der Waals surface area contributed by atoms with E-state index in [0.717, 1.165) is 0 Å². The first-order valence-electron chi connectivity index (χ1n) is 15.2. The Morgan fingerprint density at radius 3 is 0.739 bits per heavy atom. The molecule has 0 saturated carbocycles. The molecule has 5 heteroatoms. The van der Waals surface area contributed by atoms with E-state index in [4.69, 9.17) is 0 Å². The van der Waals surface area contributed by atoms with Crippen LogP contribution in [0, 0.1) is 34.6 Å². The van der Waals surface area contributed by atoms with Gasteiger partial charge in [0, 0.05) is 0 Å². The summed E-state index contributed by atoms with van der Waals surface area (Å²) in [6.07, 6.45) is 0. The Hall–Kier alpha value is -0.732. The molecule has 46 heavy (non-hydrogen) atoms. The fourth-order valence-electron chi connectivity index (χ4n) is 4.65. The summed E-state index contributed by atoms with van der Waals surface area (Å²) in [6, 6.07) is 50.2. The van der Waals surface area contributed by atoms with E-state index in [2.05, 4.69) is 162 Å². The summed E-state index contributed by atoms with van der Waals surface area (Å²) < 4.78 is 16.6. The summed E-state index contributed by atoms with van der Waals surface area (Å²) in [7, 11) is 0. The Morgan fingerprint density at radius 1 is 0.261 bits per heavy atom. The van der Waals surface area contributed by atoms with Gasteiger partial charge in [0.2, 0.25) is 0 Å². The van der Waals surface area contributed by atoms with Crippen LogP contribution in [-0.4, -0.2) is 105 Å². The van der Waals surface area contributed by atoms with Crippen molar-refractivity contribution in [3.8, 4) is 0 Å². The van der Waals surface area contributed by atoms with Crippen molar-refractivity contribution in [1.82, 2.24) is 0 Å². The van der Waals surface area contributed by atoms with Gasteiger partial charge in [-0.1, -0.05) is 0 Å². The number of hydrogen-bond acceptors (Lipinski definition) is 0. The topological polar surface area (TPSA) is 0 Å².